The van der Waals surface area contributed by atoms with Gasteiger partial charge in [-0.15, -0.1) is 0 Å². The smallest absolute Gasteiger partial charge is 0.255 e. The molecule has 0 heterocycles. The van der Waals surface area contributed by atoms with Crippen molar-refractivity contribution in [3.8, 4) is 5.75 Å². The van der Waals surface area contributed by atoms with Crippen LogP contribution in [0.2, 0.25) is 0 Å². The summed E-state index contributed by atoms with van der Waals surface area (Å²) in [6.45, 7) is 5.00. The molecule has 0 saturated heterocycles. The molecule has 33 heavy (non-hydrogen) atoms. The van der Waals surface area contributed by atoms with Crippen LogP contribution in [0, 0.1) is 6.92 Å². The highest BCUT2D eigenvalue weighted by atomic mass is 16.5. The average Bonchev–Trinajstić information content (AvgIpc) is 2.83. The third kappa shape index (κ3) is 6.93. The summed E-state index contributed by atoms with van der Waals surface area (Å²) in [5.41, 5.74) is 3.22. The number of aryl methyl sites for hydroxylation is 1. The number of hydrogen-bond acceptors (Lipinski definition) is 4. The molecule has 3 aromatic carbocycles. The van der Waals surface area contributed by atoms with Crippen LogP contribution in [-0.2, 0) is 0 Å². The summed E-state index contributed by atoms with van der Waals surface area (Å²) < 4.78 is 5.36. The second kappa shape index (κ2) is 11.5. The first kappa shape index (κ1) is 23.5. The molecule has 7 heteroatoms. The largest absolute Gasteiger partial charge is 0.494 e. The third-order valence-corrected chi connectivity index (χ3v) is 4.84. The Labute approximate surface area is 193 Å². The van der Waals surface area contributed by atoms with Crippen LogP contribution >= 0.6 is 0 Å². The lowest BCUT2D eigenvalue weighted by atomic mass is 10.1. The van der Waals surface area contributed by atoms with Crippen molar-refractivity contribution in [2.45, 2.75) is 13.8 Å². The van der Waals surface area contributed by atoms with Gasteiger partial charge in [0.1, 0.15) is 5.75 Å². The molecule has 0 atom stereocenters. The van der Waals surface area contributed by atoms with Gasteiger partial charge >= 0.3 is 0 Å². The van der Waals surface area contributed by atoms with Crippen LogP contribution in [0.5, 0.6) is 5.75 Å². The maximum absolute atomic E-state index is 12.3. The number of benzene rings is 3. The van der Waals surface area contributed by atoms with E-state index in [2.05, 4.69) is 16.0 Å². The molecule has 0 saturated carbocycles. The van der Waals surface area contributed by atoms with Crippen molar-refractivity contribution in [3.05, 3.63) is 95.1 Å². The van der Waals surface area contributed by atoms with E-state index >= 15 is 0 Å². The zero-order valence-electron chi connectivity index (χ0n) is 18.7. The van der Waals surface area contributed by atoms with E-state index in [1.165, 1.54) is 0 Å². The predicted molar refractivity (Wildman–Crippen MR) is 128 cm³/mol. The Morgan fingerprint density at radius 3 is 1.64 bits per heavy atom. The summed E-state index contributed by atoms with van der Waals surface area (Å²) >= 11 is 0. The fourth-order valence-corrected chi connectivity index (χ4v) is 3.04. The van der Waals surface area contributed by atoms with Crippen LogP contribution in [0.3, 0.4) is 0 Å². The topological polar surface area (TPSA) is 96.5 Å². The molecular weight excluding hydrogens is 418 g/mol. The molecule has 0 unspecified atom stereocenters. The standard InChI is InChI=1S/C26H27N3O4/c1-3-33-23-14-10-20(11-15-23)25(31)28-17-16-27-24(30)19-8-12-22(13-9-19)29-26(32)21-6-4-18(2)5-7-21/h4-15H,3,16-17H2,1-2H3,(H,27,30)(H,28,31)(H,29,32). The van der Waals surface area contributed by atoms with E-state index in [1.807, 2.05) is 26.0 Å². The highest BCUT2D eigenvalue weighted by molar-refractivity contribution is 6.04. The van der Waals surface area contributed by atoms with Crippen molar-refractivity contribution in [3.63, 3.8) is 0 Å². The number of ether oxygens (including phenoxy) is 1. The first-order valence-corrected chi connectivity index (χ1v) is 10.7. The molecule has 3 N–H and O–H groups in total. The van der Waals surface area contributed by atoms with Gasteiger partial charge in [0.25, 0.3) is 17.7 Å². The van der Waals surface area contributed by atoms with Crippen LogP contribution < -0.4 is 20.7 Å². The van der Waals surface area contributed by atoms with Crippen molar-refractivity contribution in [1.82, 2.24) is 10.6 Å². The lowest BCUT2D eigenvalue weighted by molar-refractivity contribution is 0.0927. The first-order valence-electron chi connectivity index (χ1n) is 10.7. The SMILES string of the molecule is CCOc1ccc(C(=O)NCCNC(=O)c2ccc(NC(=O)c3ccc(C)cc3)cc2)cc1. The molecule has 0 fully saturated rings. The monoisotopic (exact) mass is 445 g/mol. The molecule has 0 spiro atoms. The molecule has 170 valence electrons. The predicted octanol–water partition coefficient (Wildman–Crippen LogP) is 3.81. The van der Waals surface area contributed by atoms with E-state index < -0.39 is 0 Å². The number of rotatable bonds is 9. The van der Waals surface area contributed by atoms with Gasteiger partial charge in [0, 0.05) is 35.5 Å². The Morgan fingerprint density at radius 2 is 1.12 bits per heavy atom. The molecule has 3 rings (SSSR count). The minimum absolute atomic E-state index is 0.213. The highest BCUT2D eigenvalue weighted by Gasteiger charge is 2.09. The highest BCUT2D eigenvalue weighted by Crippen LogP contribution is 2.13. The fourth-order valence-electron chi connectivity index (χ4n) is 3.04. The molecule has 3 aromatic rings. The number of nitrogens with one attached hydrogen (secondary N) is 3. The number of hydrogen-bond donors (Lipinski definition) is 3. The van der Waals surface area contributed by atoms with Gasteiger partial charge < -0.3 is 20.7 Å². The van der Waals surface area contributed by atoms with Crippen molar-refractivity contribution >= 4 is 23.4 Å². The van der Waals surface area contributed by atoms with Crippen LogP contribution in [0.25, 0.3) is 0 Å². The number of carbonyl (C=O) groups excluding carboxylic acids is 3. The van der Waals surface area contributed by atoms with Gasteiger partial charge in [0.2, 0.25) is 0 Å². The maximum atomic E-state index is 12.3. The Hall–Kier alpha value is -4.13. The summed E-state index contributed by atoms with van der Waals surface area (Å²) in [5, 5.41) is 8.34. The van der Waals surface area contributed by atoms with E-state index in [0.717, 1.165) is 5.56 Å². The molecule has 0 bridgehead atoms. The Bertz CT molecular complexity index is 1090. The Morgan fingerprint density at radius 1 is 0.667 bits per heavy atom. The summed E-state index contributed by atoms with van der Waals surface area (Å²) in [4.78, 5) is 36.8. The molecule has 0 aliphatic rings. The molecule has 0 aromatic heterocycles. The van der Waals surface area contributed by atoms with E-state index in [4.69, 9.17) is 4.74 Å². The van der Waals surface area contributed by atoms with Crippen LogP contribution in [-0.4, -0.2) is 37.4 Å². The Kier molecular flexibility index (Phi) is 8.18. The zero-order valence-corrected chi connectivity index (χ0v) is 18.7. The van der Waals surface area contributed by atoms with Crippen molar-refractivity contribution in [2.24, 2.45) is 0 Å². The summed E-state index contributed by atoms with van der Waals surface area (Å²) in [6, 6.07) is 20.8. The number of amides is 3. The van der Waals surface area contributed by atoms with Gasteiger partial charge in [-0.3, -0.25) is 14.4 Å². The first-order chi connectivity index (χ1) is 16.0. The van der Waals surface area contributed by atoms with Crippen molar-refractivity contribution < 1.29 is 19.1 Å². The lowest BCUT2D eigenvalue weighted by Gasteiger charge is -2.09. The van der Waals surface area contributed by atoms with Crippen LogP contribution in [0.15, 0.2) is 72.8 Å². The number of carbonyl (C=O) groups is 3. The van der Waals surface area contributed by atoms with Gasteiger partial charge in [0.15, 0.2) is 0 Å². The van der Waals surface area contributed by atoms with Gasteiger partial charge in [-0.25, -0.2) is 0 Å². The maximum Gasteiger partial charge on any atom is 0.255 e. The van der Waals surface area contributed by atoms with Gasteiger partial charge in [0.05, 0.1) is 6.61 Å². The normalized spacial score (nSPS) is 10.2. The molecule has 7 nitrogen and oxygen atoms in total. The molecule has 0 aliphatic heterocycles. The molecule has 3 amide bonds. The van der Waals surface area contributed by atoms with E-state index in [9.17, 15) is 14.4 Å². The minimum Gasteiger partial charge on any atom is -0.494 e. The molecule has 0 radical (unpaired) electrons. The lowest BCUT2D eigenvalue weighted by Crippen LogP contribution is -2.34. The zero-order chi connectivity index (χ0) is 23.6. The summed E-state index contributed by atoms with van der Waals surface area (Å²) in [7, 11) is 0. The Balaban J connectivity index is 1.42. The van der Waals surface area contributed by atoms with E-state index in [0.29, 0.717) is 41.3 Å². The van der Waals surface area contributed by atoms with Gasteiger partial charge in [-0.2, -0.15) is 0 Å². The van der Waals surface area contributed by atoms with Crippen molar-refractivity contribution in [1.29, 1.82) is 0 Å². The average molecular weight is 446 g/mol. The summed E-state index contributed by atoms with van der Waals surface area (Å²) in [5.74, 6) is 0.0141. The second-order valence-corrected chi connectivity index (χ2v) is 7.37. The van der Waals surface area contributed by atoms with E-state index in [1.54, 1.807) is 60.7 Å². The van der Waals surface area contributed by atoms with Crippen molar-refractivity contribution in [2.75, 3.05) is 25.0 Å². The second-order valence-electron chi connectivity index (χ2n) is 7.37. The molecular formula is C26H27N3O4. The summed E-state index contributed by atoms with van der Waals surface area (Å²) in [6.07, 6.45) is 0. The van der Waals surface area contributed by atoms with Crippen LogP contribution in [0.1, 0.15) is 43.6 Å². The van der Waals surface area contributed by atoms with Crippen LogP contribution in [0.4, 0.5) is 5.69 Å². The fraction of sp³-hybridized carbons (Fsp3) is 0.192. The van der Waals surface area contributed by atoms with Gasteiger partial charge in [-0.1, -0.05) is 17.7 Å². The minimum atomic E-state index is -0.262. The number of anilines is 1. The van der Waals surface area contributed by atoms with E-state index in [-0.39, 0.29) is 24.3 Å². The van der Waals surface area contributed by atoms with Gasteiger partial charge in [-0.05, 0) is 74.5 Å². The molecule has 0 aliphatic carbocycles. The quantitative estimate of drug-likeness (QED) is 0.437. The third-order valence-electron chi connectivity index (χ3n) is 4.84.